The molecule has 1 aliphatic rings. The van der Waals surface area contributed by atoms with Gasteiger partial charge in [0, 0.05) is 12.1 Å². The van der Waals surface area contributed by atoms with Crippen molar-refractivity contribution in [1.82, 2.24) is 4.90 Å². The molecule has 3 aromatic rings. The van der Waals surface area contributed by atoms with Gasteiger partial charge in [0.25, 0.3) is 11.7 Å². The Labute approximate surface area is 234 Å². The van der Waals surface area contributed by atoms with Crippen molar-refractivity contribution in [2.75, 3.05) is 27.4 Å². The highest BCUT2D eigenvalue weighted by Crippen LogP contribution is 2.40. The molecule has 4 rings (SSSR count). The van der Waals surface area contributed by atoms with E-state index in [1.54, 1.807) is 50.6 Å². The van der Waals surface area contributed by atoms with Crippen molar-refractivity contribution < 1.29 is 34.0 Å². The molecule has 1 fully saturated rings. The fourth-order valence-electron chi connectivity index (χ4n) is 4.77. The van der Waals surface area contributed by atoms with Crippen molar-refractivity contribution in [3.8, 4) is 23.0 Å². The van der Waals surface area contributed by atoms with Crippen LogP contribution in [-0.2, 0) is 16.0 Å². The summed E-state index contributed by atoms with van der Waals surface area (Å²) in [5, 5.41) is 21.3. The predicted molar refractivity (Wildman–Crippen MR) is 152 cm³/mol. The molecule has 40 heavy (non-hydrogen) atoms. The van der Waals surface area contributed by atoms with Crippen molar-refractivity contribution in [1.29, 1.82) is 0 Å². The van der Waals surface area contributed by atoms with Crippen LogP contribution in [0.25, 0.3) is 5.76 Å². The van der Waals surface area contributed by atoms with E-state index in [2.05, 4.69) is 13.8 Å². The molecule has 0 aromatic heterocycles. The number of likely N-dealkylation sites (tertiary alicyclic amines) is 1. The normalized spacial score (nSPS) is 16.4. The summed E-state index contributed by atoms with van der Waals surface area (Å²) in [6.45, 7) is 6.75. The van der Waals surface area contributed by atoms with E-state index in [0.717, 1.165) is 11.1 Å². The van der Waals surface area contributed by atoms with Crippen LogP contribution in [-0.4, -0.2) is 54.2 Å². The van der Waals surface area contributed by atoms with Crippen LogP contribution in [0.4, 0.5) is 0 Å². The van der Waals surface area contributed by atoms with Gasteiger partial charge >= 0.3 is 0 Å². The van der Waals surface area contributed by atoms with Crippen LogP contribution in [0.15, 0.2) is 66.2 Å². The van der Waals surface area contributed by atoms with Gasteiger partial charge in [0.15, 0.2) is 11.5 Å². The topological polar surface area (TPSA) is 106 Å². The molecule has 1 amide bonds. The number of phenols is 1. The zero-order valence-corrected chi connectivity index (χ0v) is 23.4. The molecule has 0 spiro atoms. The summed E-state index contributed by atoms with van der Waals surface area (Å²) in [6, 6.07) is 16.1. The van der Waals surface area contributed by atoms with Gasteiger partial charge < -0.3 is 29.3 Å². The first-order valence-corrected chi connectivity index (χ1v) is 13.2. The van der Waals surface area contributed by atoms with Gasteiger partial charge in [-0.2, -0.15) is 0 Å². The summed E-state index contributed by atoms with van der Waals surface area (Å²) in [4.78, 5) is 28.2. The van der Waals surface area contributed by atoms with Crippen LogP contribution in [0.1, 0.15) is 42.1 Å². The van der Waals surface area contributed by atoms with E-state index in [0.29, 0.717) is 47.3 Å². The lowest BCUT2D eigenvalue weighted by Gasteiger charge is -2.25. The third-order valence-electron chi connectivity index (χ3n) is 6.86. The number of amides is 1. The standard InChI is InChI=1S/C32H35NO7/c1-19(2)18-40-25-13-9-23(16-20(25)3)30(35)28-29(22-7-10-24(34)11-8-22)33(32(37)31(28)36)15-14-21-6-12-26(38-4)27(17-21)39-5/h6-13,16-17,19,29,34-35H,14-15,18H2,1-5H3/b30-28-. The average molecular weight is 546 g/mol. The highest BCUT2D eigenvalue weighted by Gasteiger charge is 2.45. The first-order chi connectivity index (χ1) is 19.1. The molecule has 1 heterocycles. The predicted octanol–water partition coefficient (Wildman–Crippen LogP) is 5.42. The van der Waals surface area contributed by atoms with Gasteiger partial charge in [-0.15, -0.1) is 0 Å². The maximum atomic E-state index is 13.4. The van der Waals surface area contributed by atoms with Gasteiger partial charge in [-0.05, 0) is 78.4 Å². The minimum Gasteiger partial charge on any atom is -0.508 e. The van der Waals surface area contributed by atoms with E-state index in [4.69, 9.17) is 14.2 Å². The molecular weight excluding hydrogens is 510 g/mol. The number of aryl methyl sites for hydroxylation is 1. The second kappa shape index (κ2) is 12.2. The summed E-state index contributed by atoms with van der Waals surface area (Å²) < 4.78 is 16.6. The maximum absolute atomic E-state index is 13.4. The monoisotopic (exact) mass is 545 g/mol. The molecule has 8 heteroatoms. The lowest BCUT2D eigenvalue weighted by atomic mass is 9.94. The minimum absolute atomic E-state index is 0.00162. The number of benzene rings is 3. The Morgan fingerprint density at radius 2 is 1.60 bits per heavy atom. The highest BCUT2D eigenvalue weighted by atomic mass is 16.5. The molecular formula is C32H35NO7. The first-order valence-electron chi connectivity index (χ1n) is 13.2. The number of ketones is 1. The molecule has 1 unspecified atom stereocenters. The van der Waals surface area contributed by atoms with Crippen LogP contribution in [0.5, 0.6) is 23.0 Å². The van der Waals surface area contributed by atoms with Gasteiger partial charge in [0.2, 0.25) is 0 Å². The number of hydrogen-bond donors (Lipinski definition) is 2. The largest absolute Gasteiger partial charge is 0.508 e. The molecule has 1 atom stereocenters. The second-order valence-corrected chi connectivity index (χ2v) is 10.2. The summed E-state index contributed by atoms with van der Waals surface area (Å²) in [5.41, 5.74) is 2.69. The van der Waals surface area contributed by atoms with E-state index >= 15 is 0 Å². The van der Waals surface area contributed by atoms with E-state index < -0.39 is 17.7 Å². The number of nitrogens with zero attached hydrogens (tertiary/aromatic N) is 1. The SMILES string of the molecule is COc1ccc(CCN2C(=O)C(=O)/C(=C(\O)c3ccc(OCC(C)C)c(C)c3)C2c2ccc(O)cc2)cc1OC. The van der Waals surface area contributed by atoms with Gasteiger partial charge in [-0.1, -0.05) is 32.0 Å². The molecule has 2 N–H and O–H groups in total. The number of carbonyl (C=O) groups is 2. The zero-order chi connectivity index (χ0) is 29.0. The first kappa shape index (κ1) is 28.5. The number of ether oxygens (including phenoxy) is 3. The Balaban J connectivity index is 1.72. The number of aromatic hydroxyl groups is 1. The van der Waals surface area contributed by atoms with Gasteiger partial charge in [0.1, 0.15) is 17.3 Å². The Morgan fingerprint density at radius 1 is 0.925 bits per heavy atom. The maximum Gasteiger partial charge on any atom is 0.295 e. The Morgan fingerprint density at radius 3 is 2.23 bits per heavy atom. The average Bonchev–Trinajstić information content (AvgIpc) is 3.20. The number of aliphatic hydroxyl groups is 1. The summed E-state index contributed by atoms with van der Waals surface area (Å²) in [6.07, 6.45) is 0.434. The van der Waals surface area contributed by atoms with Gasteiger partial charge in [0.05, 0.1) is 32.4 Å². The molecule has 1 aliphatic heterocycles. The highest BCUT2D eigenvalue weighted by molar-refractivity contribution is 6.46. The molecule has 8 nitrogen and oxygen atoms in total. The fraction of sp³-hybridized carbons (Fsp3) is 0.312. The van der Waals surface area contributed by atoms with Crippen LogP contribution in [0.3, 0.4) is 0 Å². The summed E-state index contributed by atoms with van der Waals surface area (Å²) in [5.74, 6) is 0.528. The number of Topliss-reactive ketones (excluding diaryl/α,β-unsaturated/α-hetero) is 1. The summed E-state index contributed by atoms with van der Waals surface area (Å²) in [7, 11) is 3.11. The zero-order valence-electron chi connectivity index (χ0n) is 23.4. The van der Waals surface area contributed by atoms with Crippen LogP contribution < -0.4 is 14.2 Å². The number of carbonyl (C=O) groups excluding carboxylic acids is 2. The molecule has 3 aromatic carbocycles. The van der Waals surface area contributed by atoms with Crippen molar-refractivity contribution >= 4 is 17.4 Å². The number of rotatable bonds is 10. The van der Waals surface area contributed by atoms with Crippen molar-refractivity contribution in [3.05, 3.63) is 88.5 Å². The smallest absolute Gasteiger partial charge is 0.295 e. The molecule has 0 aliphatic carbocycles. The van der Waals surface area contributed by atoms with E-state index in [-0.39, 0.29) is 23.6 Å². The number of hydrogen-bond acceptors (Lipinski definition) is 7. The number of aliphatic hydroxyl groups excluding tert-OH is 1. The Bertz CT molecular complexity index is 1430. The molecule has 1 saturated heterocycles. The van der Waals surface area contributed by atoms with E-state index in [1.807, 2.05) is 19.1 Å². The molecule has 0 bridgehead atoms. The summed E-state index contributed by atoms with van der Waals surface area (Å²) >= 11 is 0. The van der Waals surface area contributed by atoms with E-state index in [1.165, 1.54) is 17.0 Å². The van der Waals surface area contributed by atoms with Gasteiger partial charge in [-0.3, -0.25) is 9.59 Å². The lowest BCUT2D eigenvalue weighted by Crippen LogP contribution is -2.31. The quantitative estimate of drug-likeness (QED) is 0.199. The minimum atomic E-state index is -0.835. The lowest BCUT2D eigenvalue weighted by molar-refractivity contribution is -0.139. The number of phenolic OH excluding ortho intramolecular Hbond substituents is 1. The van der Waals surface area contributed by atoms with Crippen molar-refractivity contribution in [2.45, 2.75) is 33.2 Å². The fourth-order valence-corrected chi connectivity index (χ4v) is 4.77. The second-order valence-electron chi connectivity index (χ2n) is 10.2. The third kappa shape index (κ3) is 5.91. The third-order valence-corrected chi connectivity index (χ3v) is 6.86. The van der Waals surface area contributed by atoms with Crippen LogP contribution in [0, 0.1) is 12.8 Å². The molecule has 0 radical (unpaired) electrons. The number of methoxy groups -OCH3 is 2. The molecule has 210 valence electrons. The van der Waals surface area contributed by atoms with Crippen LogP contribution >= 0.6 is 0 Å². The van der Waals surface area contributed by atoms with E-state index in [9.17, 15) is 19.8 Å². The Kier molecular flexibility index (Phi) is 8.67. The van der Waals surface area contributed by atoms with Gasteiger partial charge in [-0.25, -0.2) is 0 Å². The molecule has 0 saturated carbocycles. The van der Waals surface area contributed by atoms with Crippen LogP contribution in [0.2, 0.25) is 0 Å². The Hall–Kier alpha value is -4.46. The van der Waals surface area contributed by atoms with Crippen molar-refractivity contribution in [2.24, 2.45) is 5.92 Å². The van der Waals surface area contributed by atoms with Crippen molar-refractivity contribution in [3.63, 3.8) is 0 Å².